The maximum atomic E-state index is 13.5. The number of methoxy groups -OCH3 is 1. The van der Waals surface area contributed by atoms with Crippen molar-refractivity contribution in [1.29, 1.82) is 0 Å². The zero-order valence-corrected chi connectivity index (χ0v) is 22.3. The number of benzene rings is 2. The van der Waals surface area contributed by atoms with Crippen LogP contribution in [0.25, 0.3) is 0 Å². The first-order valence-corrected chi connectivity index (χ1v) is 13.2. The van der Waals surface area contributed by atoms with Crippen LogP contribution in [-0.2, 0) is 26.2 Å². The Morgan fingerprint density at radius 1 is 1.09 bits per heavy atom. The van der Waals surface area contributed by atoms with Gasteiger partial charge in [-0.2, -0.15) is 4.31 Å². The summed E-state index contributed by atoms with van der Waals surface area (Å²) in [6.45, 7) is 7.92. The summed E-state index contributed by atoms with van der Waals surface area (Å²) in [6, 6.07) is 13.0. The lowest BCUT2D eigenvalue weighted by Gasteiger charge is -2.32. The largest absolute Gasteiger partial charge is 0.497 e. The average molecular weight is 504 g/mol. The number of carbonyl (C=O) groups is 2. The fourth-order valence-electron chi connectivity index (χ4n) is 3.57. The first-order chi connectivity index (χ1) is 16.5. The number of hydrogen-bond acceptors (Lipinski definition) is 5. The van der Waals surface area contributed by atoms with Crippen molar-refractivity contribution >= 4 is 21.8 Å². The number of nitrogens with one attached hydrogen (secondary N) is 1. The highest BCUT2D eigenvalue weighted by atomic mass is 32.2. The Morgan fingerprint density at radius 2 is 1.74 bits per heavy atom. The van der Waals surface area contributed by atoms with Crippen LogP contribution in [0, 0.1) is 12.8 Å². The van der Waals surface area contributed by atoms with E-state index in [0.717, 1.165) is 15.4 Å². The normalized spacial score (nSPS) is 12.5. The zero-order valence-electron chi connectivity index (χ0n) is 21.4. The summed E-state index contributed by atoms with van der Waals surface area (Å²) < 4.78 is 32.4. The number of amides is 2. The van der Waals surface area contributed by atoms with Crippen LogP contribution >= 0.6 is 0 Å². The van der Waals surface area contributed by atoms with Gasteiger partial charge in [0, 0.05) is 20.1 Å². The summed E-state index contributed by atoms with van der Waals surface area (Å²) in [6.07, 6.45) is 0.383. The first kappa shape index (κ1) is 28.3. The van der Waals surface area contributed by atoms with Crippen LogP contribution in [-0.4, -0.2) is 62.7 Å². The maximum Gasteiger partial charge on any atom is 0.243 e. The molecule has 0 aliphatic carbocycles. The van der Waals surface area contributed by atoms with Crippen molar-refractivity contribution in [2.45, 2.75) is 51.6 Å². The molecule has 0 heterocycles. The van der Waals surface area contributed by atoms with E-state index < -0.39 is 28.5 Å². The van der Waals surface area contributed by atoms with E-state index in [1.54, 1.807) is 31.4 Å². The molecule has 0 bridgehead atoms. The maximum absolute atomic E-state index is 13.5. The molecule has 1 atom stereocenters. The van der Waals surface area contributed by atoms with E-state index in [1.807, 2.05) is 39.8 Å². The summed E-state index contributed by atoms with van der Waals surface area (Å²) in [7, 11) is -0.948. The van der Waals surface area contributed by atoms with Gasteiger partial charge in [-0.25, -0.2) is 8.42 Å². The van der Waals surface area contributed by atoms with Gasteiger partial charge in [-0.1, -0.05) is 50.6 Å². The van der Waals surface area contributed by atoms with Gasteiger partial charge < -0.3 is 15.0 Å². The summed E-state index contributed by atoms with van der Waals surface area (Å²) in [5.74, 6) is 0.162. The van der Waals surface area contributed by atoms with E-state index >= 15 is 0 Å². The molecule has 192 valence electrons. The third kappa shape index (κ3) is 7.80. The van der Waals surface area contributed by atoms with E-state index in [1.165, 1.54) is 24.1 Å². The van der Waals surface area contributed by atoms with Crippen molar-refractivity contribution in [3.63, 3.8) is 0 Å². The van der Waals surface area contributed by atoms with Crippen LogP contribution in [0.1, 0.15) is 38.3 Å². The molecule has 0 fully saturated rings. The monoisotopic (exact) mass is 503 g/mol. The van der Waals surface area contributed by atoms with Crippen molar-refractivity contribution in [2.24, 2.45) is 5.92 Å². The predicted octanol–water partition coefficient (Wildman–Crippen LogP) is 3.20. The fraction of sp³-hybridized carbons (Fsp3) is 0.462. The van der Waals surface area contributed by atoms with Crippen LogP contribution in [0.15, 0.2) is 53.4 Å². The lowest BCUT2D eigenvalue weighted by molar-refractivity contribution is -0.141. The van der Waals surface area contributed by atoms with Crippen LogP contribution in [0.5, 0.6) is 5.75 Å². The van der Waals surface area contributed by atoms with E-state index in [9.17, 15) is 18.0 Å². The molecule has 1 N–H and O–H groups in total. The fourth-order valence-corrected chi connectivity index (χ4v) is 4.69. The number of nitrogens with zero attached hydrogens (tertiary/aromatic N) is 2. The number of ether oxygens (including phenoxy) is 1. The van der Waals surface area contributed by atoms with Gasteiger partial charge >= 0.3 is 0 Å². The van der Waals surface area contributed by atoms with Gasteiger partial charge in [0.1, 0.15) is 11.8 Å². The Kier molecular flexibility index (Phi) is 10.3. The first-order valence-electron chi connectivity index (χ1n) is 11.7. The second kappa shape index (κ2) is 12.7. The molecular formula is C26H37N3O5S. The standard InChI is InChI=1S/C26H37N3O5S/c1-7-24(26(31)27-16-19(2)3)29(17-21-9-8-10-22(15-21)34-6)25(30)18-28(5)35(32,33)23-13-11-20(4)12-14-23/h8-15,19,24H,7,16-18H2,1-6H3,(H,27,31)/t24-/m0/s1. The number of carbonyl (C=O) groups excluding carboxylic acids is 2. The van der Waals surface area contributed by atoms with Crippen LogP contribution < -0.4 is 10.1 Å². The highest BCUT2D eigenvalue weighted by Gasteiger charge is 2.31. The van der Waals surface area contributed by atoms with Crippen LogP contribution in [0.4, 0.5) is 0 Å². The number of hydrogen-bond donors (Lipinski definition) is 1. The summed E-state index contributed by atoms with van der Waals surface area (Å²) in [5, 5.41) is 2.90. The van der Waals surface area contributed by atoms with Gasteiger partial charge in [0.2, 0.25) is 21.8 Å². The minimum absolute atomic E-state index is 0.111. The number of rotatable bonds is 12. The Labute approximate surface area is 209 Å². The Bertz CT molecular complexity index is 1100. The Hall–Kier alpha value is -2.91. The van der Waals surface area contributed by atoms with Gasteiger partial charge in [-0.3, -0.25) is 9.59 Å². The van der Waals surface area contributed by atoms with E-state index in [0.29, 0.717) is 18.7 Å². The number of aryl methyl sites for hydroxylation is 1. The molecule has 8 nitrogen and oxygen atoms in total. The number of likely N-dealkylation sites (N-methyl/N-ethyl adjacent to an activating group) is 1. The van der Waals surface area contributed by atoms with E-state index in [2.05, 4.69) is 5.32 Å². The van der Waals surface area contributed by atoms with Gasteiger partial charge in [-0.05, 0) is 49.1 Å². The second-order valence-electron chi connectivity index (χ2n) is 9.01. The average Bonchev–Trinajstić information content (AvgIpc) is 2.82. The zero-order chi connectivity index (χ0) is 26.2. The predicted molar refractivity (Wildman–Crippen MR) is 136 cm³/mol. The lowest BCUT2D eigenvalue weighted by Crippen LogP contribution is -2.52. The van der Waals surface area contributed by atoms with Crippen LogP contribution in [0.2, 0.25) is 0 Å². The van der Waals surface area contributed by atoms with Gasteiger partial charge in [0.15, 0.2) is 0 Å². The van der Waals surface area contributed by atoms with Crippen molar-refractivity contribution in [1.82, 2.24) is 14.5 Å². The molecule has 9 heteroatoms. The molecule has 0 aliphatic rings. The molecule has 2 aromatic rings. The molecule has 0 spiro atoms. The van der Waals surface area contributed by atoms with Gasteiger partial charge in [0.05, 0.1) is 18.6 Å². The molecule has 0 saturated carbocycles. The van der Waals surface area contributed by atoms with Crippen LogP contribution in [0.3, 0.4) is 0 Å². The molecule has 0 aromatic heterocycles. The SMILES string of the molecule is CC[C@@H](C(=O)NCC(C)C)N(Cc1cccc(OC)c1)C(=O)CN(C)S(=O)(=O)c1ccc(C)cc1. The topological polar surface area (TPSA) is 96.0 Å². The van der Waals surface area contributed by atoms with E-state index in [-0.39, 0.29) is 23.3 Å². The number of sulfonamides is 1. The molecule has 2 aromatic carbocycles. The molecule has 2 amide bonds. The quantitative estimate of drug-likeness (QED) is 0.480. The summed E-state index contributed by atoms with van der Waals surface area (Å²) in [5.41, 5.74) is 1.71. The third-order valence-electron chi connectivity index (χ3n) is 5.64. The Morgan fingerprint density at radius 3 is 2.31 bits per heavy atom. The van der Waals surface area contributed by atoms with Crippen molar-refractivity contribution in [3.8, 4) is 5.75 Å². The second-order valence-corrected chi connectivity index (χ2v) is 11.1. The van der Waals surface area contributed by atoms with Crippen molar-refractivity contribution in [2.75, 3.05) is 27.2 Å². The molecule has 35 heavy (non-hydrogen) atoms. The lowest BCUT2D eigenvalue weighted by atomic mass is 10.1. The minimum Gasteiger partial charge on any atom is -0.497 e. The highest BCUT2D eigenvalue weighted by molar-refractivity contribution is 7.89. The van der Waals surface area contributed by atoms with Crippen molar-refractivity contribution < 1.29 is 22.7 Å². The van der Waals surface area contributed by atoms with Gasteiger partial charge in [0.25, 0.3) is 0 Å². The summed E-state index contributed by atoms with van der Waals surface area (Å²) in [4.78, 5) is 28.1. The smallest absolute Gasteiger partial charge is 0.243 e. The summed E-state index contributed by atoms with van der Waals surface area (Å²) >= 11 is 0. The third-order valence-corrected chi connectivity index (χ3v) is 7.46. The molecule has 0 unspecified atom stereocenters. The molecule has 2 rings (SSSR count). The minimum atomic E-state index is -3.88. The van der Waals surface area contributed by atoms with Gasteiger partial charge in [-0.15, -0.1) is 0 Å². The molecule has 0 radical (unpaired) electrons. The molecule has 0 aliphatic heterocycles. The molecule has 0 saturated heterocycles. The van der Waals surface area contributed by atoms with E-state index in [4.69, 9.17) is 4.74 Å². The van der Waals surface area contributed by atoms with Crippen molar-refractivity contribution in [3.05, 3.63) is 59.7 Å². The Balaban J connectivity index is 2.33. The molecular weight excluding hydrogens is 466 g/mol. The highest BCUT2D eigenvalue weighted by Crippen LogP contribution is 2.19.